The van der Waals surface area contributed by atoms with E-state index < -0.39 is 14.3 Å². The van der Waals surface area contributed by atoms with Gasteiger partial charge in [0.05, 0.1) is 26.0 Å². The molecule has 0 spiro atoms. The smallest absolute Gasteiger partial charge is 0.356 e. The second-order valence-electron chi connectivity index (χ2n) is 6.55. The number of hydrogen-bond acceptors (Lipinski definition) is 5. The lowest BCUT2D eigenvalue weighted by molar-refractivity contribution is 0.0593. The van der Waals surface area contributed by atoms with Crippen LogP contribution in [0.15, 0.2) is 12.1 Å². The normalized spacial score (nSPS) is 12.3. The van der Waals surface area contributed by atoms with Crippen LogP contribution in [0.5, 0.6) is 0 Å². The molecule has 0 fully saturated rings. The molecule has 0 saturated carbocycles. The first kappa shape index (κ1) is 17.8. The molecule has 0 radical (unpaired) electrons. The van der Waals surface area contributed by atoms with Gasteiger partial charge in [-0.05, 0) is 35.8 Å². The molecular formula is C15H25NO4Si. The third kappa shape index (κ3) is 4.62. The van der Waals surface area contributed by atoms with Gasteiger partial charge in [0.15, 0.2) is 8.32 Å². The van der Waals surface area contributed by atoms with E-state index >= 15 is 0 Å². The van der Waals surface area contributed by atoms with Crippen molar-refractivity contribution in [2.45, 2.75) is 52.1 Å². The predicted molar refractivity (Wildman–Crippen MR) is 83.5 cm³/mol. The lowest BCUT2D eigenvalue weighted by Crippen LogP contribution is -2.40. The summed E-state index contributed by atoms with van der Waals surface area (Å²) >= 11 is 0. The number of aliphatic hydroxyl groups excluding tert-OH is 1. The number of ether oxygens (including phenoxy) is 1. The van der Waals surface area contributed by atoms with Crippen LogP contribution in [-0.4, -0.2) is 31.5 Å². The molecule has 0 amide bonds. The molecule has 0 aliphatic carbocycles. The summed E-state index contributed by atoms with van der Waals surface area (Å²) in [5.74, 6) is -0.515. The average Bonchev–Trinajstić information content (AvgIpc) is 2.42. The summed E-state index contributed by atoms with van der Waals surface area (Å²) in [6.07, 6.45) is 0. The van der Waals surface area contributed by atoms with Crippen LogP contribution in [0.25, 0.3) is 0 Å². The predicted octanol–water partition coefficient (Wildman–Crippen LogP) is 2.88. The van der Waals surface area contributed by atoms with Gasteiger partial charge in [-0.15, -0.1) is 0 Å². The maximum Gasteiger partial charge on any atom is 0.356 e. The van der Waals surface area contributed by atoms with Crippen LogP contribution in [-0.2, 0) is 22.4 Å². The highest BCUT2D eigenvalue weighted by atomic mass is 28.4. The lowest BCUT2D eigenvalue weighted by atomic mass is 10.2. The van der Waals surface area contributed by atoms with Crippen molar-refractivity contribution in [3.05, 3.63) is 29.1 Å². The Balaban J connectivity index is 2.96. The second-order valence-corrected chi connectivity index (χ2v) is 11.4. The maximum absolute atomic E-state index is 11.6. The number of carbonyl (C=O) groups is 1. The average molecular weight is 311 g/mol. The topological polar surface area (TPSA) is 68.7 Å². The van der Waals surface area contributed by atoms with E-state index in [-0.39, 0.29) is 17.3 Å². The van der Waals surface area contributed by atoms with Gasteiger partial charge < -0.3 is 14.3 Å². The zero-order chi connectivity index (χ0) is 16.3. The summed E-state index contributed by atoms with van der Waals surface area (Å²) < 4.78 is 10.8. The molecule has 1 aromatic rings. The highest BCUT2D eigenvalue weighted by Gasteiger charge is 2.37. The molecule has 1 rings (SSSR count). The monoisotopic (exact) mass is 311 g/mol. The molecule has 0 bridgehead atoms. The molecule has 5 nitrogen and oxygen atoms in total. The van der Waals surface area contributed by atoms with E-state index in [9.17, 15) is 9.90 Å². The summed E-state index contributed by atoms with van der Waals surface area (Å²) in [5.41, 5.74) is 1.45. The second kappa shape index (κ2) is 6.68. The minimum Gasteiger partial charge on any atom is -0.464 e. The SMILES string of the molecule is COC(=O)c1cc(CO[Si](C)(C)C(C)(C)C)cc(CO)n1. The van der Waals surface area contributed by atoms with Crippen LogP contribution < -0.4 is 0 Å². The van der Waals surface area contributed by atoms with Gasteiger partial charge in [0.2, 0.25) is 0 Å². The first-order valence-electron chi connectivity index (χ1n) is 6.93. The van der Waals surface area contributed by atoms with E-state index in [4.69, 9.17) is 4.43 Å². The molecule has 118 valence electrons. The fourth-order valence-electron chi connectivity index (χ4n) is 1.50. The fourth-order valence-corrected chi connectivity index (χ4v) is 2.46. The minimum absolute atomic E-state index is 0.116. The van der Waals surface area contributed by atoms with E-state index in [1.165, 1.54) is 7.11 Å². The minimum atomic E-state index is -1.87. The molecule has 0 aromatic carbocycles. The summed E-state index contributed by atoms with van der Waals surface area (Å²) in [7, 11) is -0.560. The van der Waals surface area contributed by atoms with E-state index in [1.54, 1.807) is 12.1 Å². The van der Waals surface area contributed by atoms with Gasteiger partial charge in [-0.2, -0.15) is 0 Å². The standard InChI is InChI=1S/C15H25NO4Si/c1-15(2,3)21(5,6)20-10-11-7-12(9-17)16-13(8-11)14(18)19-4/h7-8,17H,9-10H2,1-6H3. The summed E-state index contributed by atoms with van der Waals surface area (Å²) in [4.78, 5) is 15.6. The van der Waals surface area contributed by atoms with Crippen LogP contribution >= 0.6 is 0 Å². The molecule has 0 saturated heterocycles. The Morgan fingerprint density at radius 3 is 2.43 bits per heavy atom. The number of nitrogens with zero attached hydrogens (tertiary/aromatic N) is 1. The lowest BCUT2D eigenvalue weighted by Gasteiger charge is -2.36. The first-order chi connectivity index (χ1) is 9.60. The molecule has 1 N–H and O–H groups in total. The fraction of sp³-hybridized carbons (Fsp3) is 0.600. The number of rotatable bonds is 5. The maximum atomic E-state index is 11.6. The molecule has 0 aliphatic rings. The molecule has 1 heterocycles. The van der Waals surface area contributed by atoms with Crippen molar-refractivity contribution in [1.82, 2.24) is 4.98 Å². The number of aromatic nitrogens is 1. The molecular weight excluding hydrogens is 286 g/mol. The van der Waals surface area contributed by atoms with Crippen molar-refractivity contribution in [2.75, 3.05) is 7.11 Å². The van der Waals surface area contributed by atoms with Crippen molar-refractivity contribution in [3.8, 4) is 0 Å². The van der Waals surface area contributed by atoms with E-state index in [1.807, 2.05) is 0 Å². The Bertz CT molecular complexity index is 509. The Morgan fingerprint density at radius 1 is 1.33 bits per heavy atom. The van der Waals surface area contributed by atoms with Gasteiger partial charge in [-0.25, -0.2) is 9.78 Å². The zero-order valence-electron chi connectivity index (χ0n) is 13.7. The van der Waals surface area contributed by atoms with Crippen molar-refractivity contribution in [1.29, 1.82) is 0 Å². The van der Waals surface area contributed by atoms with Crippen LogP contribution in [0, 0.1) is 0 Å². The van der Waals surface area contributed by atoms with E-state index in [0.29, 0.717) is 12.3 Å². The molecule has 0 unspecified atom stereocenters. The number of carbonyl (C=O) groups excluding carboxylic acids is 1. The van der Waals surface area contributed by atoms with Crippen LogP contribution in [0.2, 0.25) is 18.1 Å². The van der Waals surface area contributed by atoms with Gasteiger partial charge in [0, 0.05) is 0 Å². The Morgan fingerprint density at radius 2 is 1.95 bits per heavy atom. The van der Waals surface area contributed by atoms with Gasteiger partial charge in [-0.1, -0.05) is 20.8 Å². The van der Waals surface area contributed by atoms with E-state index in [0.717, 1.165) is 5.56 Å². The number of hydrogen-bond donors (Lipinski definition) is 1. The van der Waals surface area contributed by atoms with Crippen LogP contribution in [0.3, 0.4) is 0 Å². The van der Waals surface area contributed by atoms with Crippen molar-refractivity contribution in [3.63, 3.8) is 0 Å². The van der Waals surface area contributed by atoms with Crippen molar-refractivity contribution in [2.24, 2.45) is 0 Å². The van der Waals surface area contributed by atoms with Crippen molar-refractivity contribution >= 4 is 14.3 Å². The number of methoxy groups -OCH3 is 1. The van der Waals surface area contributed by atoms with Crippen LogP contribution in [0.4, 0.5) is 0 Å². The highest BCUT2D eigenvalue weighted by Crippen LogP contribution is 2.37. The molecule has 0 aliphatic heterocycles. The summed E-state index contributed by atoms with van der Waals surface area (Å²) in [5, 5.41) is 9.37. The largest absolute Gasteiger partial charge is 0.464 e. The number of esters is 1. The van der Waals surface area contributed by atoms with Gasteiger partial charge in [0.1, 0.15) is 5.69 Å². The number of aliphatic hydroxyl groups is 1. The summed E-state index contributed by atoms with van der Waals surface area (Å²) in [6.45, 7) is 11.0. The van der Waals surface area contributed by atoms with Crippen molar-refractivity contribution < 1.29 is 19.1 Å². The Hall–Kier alpha value is -1.24. The Kier molecular flexibility index (Phi) is 5.66. The third-order valence-electron chi connectivity index (χ3n) is 3.90. The molecule has 0 atom stereocenters. The Labute approximate surface area is 127 Å². The zero-order valence-corrected chi connectivity index (χ0v) is 14.7. The quantitative estimate of drug-likeness (QED) is 0.669. The molecule has 6 heteroatoms. The molecule has 21 heavy (non-hydrogen) atoms. The highest BCUT2D eigenvalue weighted by molar-refractivity contribution is 6.74. The first-order valence-corrected chi connectivity index (χ1v) is 9.84. The van der Waals surface area contributed by atoms with Gasteiger partial charge in [0.25, 0.3) is 0 Å². The van der Waals surface area contributed by atoms with Gasteiger partial charge in [-0.3, -0.25) is 0 Å². The van der Waals surface area contributed by atoms with Crippen LogP contribution in [0.1, 0.15) is 42.5 Å². The molecule has 1 aromatic heterocycles. The third-order valence-corrected chi connectivity index (χ3v) is 8.38. The van der Waals surface area contributed by atoms with E-state index in [2.05, 4.69) is 43.6 Å². The van der Waals surface area contributed by atoms with Gasteiger partial charge >= 0.3 is 5.97 Å². The number of pyridine rings is 1. The summed E-state index contributed by atoms with van der Waals surface area (Å²) in [6, 6.07) is 3.40.